The summed E-state index contributed by atoms with van der Waals surface area (Å²) in [6, 6.07) is 10.7. The Morgan fingerprint density at radius 3 is 2.47 bits per heavy atom. The number of pyridine rings is 1. The second-order valence-corrected chi connectivity index (χ2v) is 9.85. The molecule has 0 aliphatic heterocycles. The summed E-state index contributed by atoms with van der Waals surface area (Å²) in [6.45, 7) is 1.82. The van der Waals surface area contributed by atoms with Gasteiger partial charge in [-0.2, -0.15) is 18.2 Å². The number of methoxy groups -OCH3 is 1. The lowest BCUT2D eigenvalue weighted by atomic mass is 10.0. The number of ether oxygens (including phenoxy) is 1. The Morgan fingerprint density at radius 1 is 1.06 bits per heavy atom. The molecule has 1 N–H and O–H groups in total. The average Bonchev–Trinajstić information content (AvgIpc) is 2.83. The molecule has 0 fully saturated rings. The standard InChI is InChI=1S/C24H19F3N4O4S/c1-13-7-8-16(29-21(32)14-5-4-6-15(9-14)24(25,26)27)10-17(13)19-11-18-20(12-28-19)30-23(36(3,33)34)31-22(18)35-2/h4-12H,1-3H3,(H,29,32). The fourth-order valence-electron chi connectivity index (χ4n) is 3.47. The van der Waals surface area contributed by atoms with E-state index < -0.39 is 32.6 Å². The molecule has 186 valence electrons. The fraction of sp³-hybridized carbons (Fsp3) is 0.167. The van der Waals surface area contributed by atoms with E-state index in [9.17, 15) is 26.4 Å². The molecule has 36 heavy (non-hydrogen) atoms. The highest BCUT2D eigenvalue weighted by molar-refractivity contribution is 7.90. The van der Waals surface area contributed by atoms with Gasteiger partial charge in [0, 0.05) is 23.1 Å². The van der Waals surface area contributed by atoms with Gasteiger partial charge in [0.2, 0.25) is 15.7 Å². The lowest BCUT2D eigenvalue weighted by molar-refractivity contribution is -0.137. The number of alkyl halides is 3. The van der Waals surface area contributed by atoms with Crippen LogP contribution in [-0.4, -0.2) is 42.6 Å². The van der Waals surface area contributed by atoms with Gasteiger partial charge in [0.1, 0.15) is 0 Å². The lowest BCUT2D eigenvalue weighted by Gasteiger charge is -2.12. The van der Waals surface area contributed by atoms with Crippen LogP contribution in [-0.2, 0) is 16.0 Å². The van der Waals surface area contributed by atoms with Crippen molar-refractivity contribution in [2.75, 3.05) is 18.7 Å². The van der Waals surface area contributed by atoms with Gasteiger partial charge >= 0.3 is 6.18 Å². The molecular weight excluding hydrogens is 497 g/mol. The van der Waals surface area contributed by atoms with E-state index in [0.29, 0.717) is 22.3 Å². The molecule has 0 aliphatic carbocycles. The van der Waals surface area contributed by atoms with E-state index in [4.69, 9.17) is 4.74 Å². The maximum atomic E-state index is 13.0. The molecular formula is C24H19F3N4O4S. The second kappa shape index (κ2) is 9.19. The molecule has 2 heterocycles. The number of rotatable bonds is 5. The Bertz CT molecular complexity index is 1610. The predicted octanol–water partition coefficient (Wildman–Crippen LogP) is 4.68. The first-order valence-corrected chi connectivity index (χ1v) is 12.3. The number of aromatic nitrogens is 3. The van der Waals surface area contributed by atoms with Crippen molar-refractivity contribution >= 4 is 32.3 Å². The van der Waals surface area contributed by atoms with Crippen molar-refractivity contribution < 1.29 is 31.1 Å². The summed E-state index contributed by atoms with van der Waals surface area (Å²) in [5, 5.41) is 2.64. The lowest BCUT2D eigenvalue weighted by Crippen LogP contribution is -2.14. The summed E-state index contributed by atoms with van der Waals surface area (Å²) in [4.78, 5) is 25.0. The number of carbonyl (C=O) groups excluding carboxylic acids is 1. The largest absolute Gasteiger partial charge is 0.480 e. The Balaban J connectivity index is 1.70. The van der Waals surface area contributed by atoms with Gasteiger partial charge in [-0.1, -0.05) is 12.1 Å². The number of halogens is 3. The monoisotopic (exact) mass is 516 g/mol. The van der Waals surface area contributed by atoms with Crippen LogP contribution >= 0.6 is 0 Å². The Labute approximate surface area is 204 Å². The summed E-state index contributed by atoms with van der Waals surface area (Å²) >= 11 is 0. The third-order valence-corrected chi connectivity index (χ3v) is 6.12. The van der Waals surface area contributed by atoms with Crippen molar-refractivity contribution in [1.82, 2.24) is 15.0 Å². The second-order valence-electron chi connectivity index (χ2n) is 7.94. The average molecular weight is 517 g/mol. The highest BCUT2D eigenvalue weighted by Crippen LogP contribution is 2.32. The van der Waals surface area contributed by atoms with Crippen molar-refractivity contribution in [3.8, 4) is 17.1 Å². The molecule has 2 aromatic carbocycles. The molecule has 0 saturated carbocycles. The summed E-state index contributed by atoms with van der Waals surface area (Å²) < 4.78 is 68.0. The minimum atomic E-state index is -4.57. The number of fused-ring (bicyclic) bond motifs is 1. The third kappa shape index (κ3) is 5.13. The topological polar surface area (TPSA) is 111 Å². The van der Waals surface area contributed by atoms with Crippen LogP contribution in [0.5, 0.6) is 5.88 Å². The summed E-state index contributed by atoms with van der Waals surface area (Å²) in [7, 11) is -2.33. The van der Waals surface area contributed by atoms with Gasteiger partial charge in [-0.25, -0.2) is 13.4 Å². The first kappa shape index (κ1) is 25.0. The van der Waals surface area contributed by atoms with Gasteiger partial charge in [0.05, 0.1) is 35.5 Å². The molecule has 0 aliphatic rings. The third-order valence-electron chi connectivity index (χ3n) is 5.28. The van der Waals surface area contributed by atoms with Crippen LogP contribution in [0.25, 0.3) is 22.2 Å². The number of anilines is 1. The molecule has 4 rings (SSSR count). The zero-order valence-electron chi connectivity index (χ0n) is 19.2. The zero-order chi connectivity index (χ0) is 26.3. The molecule has 0 saturated heterocycles. The minimum absolute atomic E-state index is 0.0516. The first-order chi connectivity index (χ1) is 16.9. The maximum absolute atomic E-state index is 13.0. The number of benzene rings is 2. The molecule has 8 nitrogen and oxygen atoms in total. The first-order valence-electron chi connectivity index (χ1n) is 10.4. The summed E-state index contributed by atoms with van der Waals surface area (Å²) in [6.07, 6.45) is -2.20. The number of sulfone groups is 1. The van der Waals surface area contributed by atoms with Gasteiger partial charge in [-0.15, -0.1) is 0 Å². The molecule has 0 radical (unpaired) electrons. The molecule has 2 aromatic heterocycles. The van der Waals surface area contributed by atoms with Crippen LogP contribution in [0.1, 0.15) is 21.5 Å². The van der Waals surface area contributed by atoms with E-state index >= 15 is 0 Å². The quantitative estimate of drug-likeness (QED) is 0.383. The van der Waals surface area contributed by atoms with Crippen molar-refractivity contribution in [3.05, 3.63) is 71.4 Å². The Hall–Kier alpha value is -4.06. The molecule has 4 aromatic rings. The smallest absolute Gasteiger partial charge is 0.416 e. The maximum Gasteiger partial charge on any atom is 0.416 e. The Kier molecular flexibility index (Phi) is 6.39. The normalized spacial score (nSPS) is 11.9. The summed E-state index contributed by atoms with van der Waals surface area (Å²) in [5.74, 6) is -0.651. The minimum Gasteiger partial charge on any atom is -0.480 e. The van der Waals surface area contributed by atoms with Crippen LogP contribution in [0.3, 0.4) is 0 Å². The van der Waals surface area contributed by atoms with Gasteiger partial charge in [0.15, 0.2) is 0 Å². The molecule has 0 atom stereocenters. The van der Waals surface area contributed by atoms with Gasteiger partial charge in [-0.3, -0.25) is 9.78 Å². The van der Waals surface area contributed by atoms with Gasteiger partial charge in [0.25, 0.3) is 11.1 Å². The van der Waals surface area contributed by atoms with E-state index in [0.717, 1.165) is 24.0 Å². The molecule has 0 unspecified atom stereocenters. The van der Waals surface area contributed by atoms with Crippen molar-refractivity contribution in [2.45, 2.75) is 18.3 Å². The number of carbonyl (C=O) groups is 1. The fourth-order valence-corrected chi connectivity index (χ4v) is 3.98. The van der Waals surface area contributed by atoms with Crippen molar-refractivity contribution in [3.63, 3.8) is 0 Å². The number of hydrogen-bond acceptors (Lipinski definition) is 7. The van der Waals surface area contributed by atoms with Crippen molar-refractivity contribution in [2.24, 2.45) is 0 Å². The highest BCUT2D eigenvalue weighted by atomic mass is 32.2. The van der Waals surface area contributed by atoms with E-state index in [2.05, 4.69) is 20.3 Å². The van der Waals surface area contributed by atoms with Crippen LogP contribution in [0, 0.1) is 6.92 Å². The van der Waals surface area contributed by atoms with Crippen molar-refractivity contribution in [1.29, 1.82) is 0 Å². The number of aryl methyl sites for hydroxylation is 1. The molecule has 12 heteroatoms. The van der Waals surface area contributed by atoms with Crippen LogP contribution in [0.15, 0.2) is 59.9 Å². The number of hydrogen-bond donors (Lipinski definition) is 1. The Morgan fingerprint density at radius 2 is 1.81 bits per heavy atom. The van der Waals surface area contributed by atoms with E-state index in [1.54, 1.807) is 24.3 Å². The molecule has 0 bridgehead atoms. The number of amides is 1. The number of nitrogens with one attached hydrogen (secondary N) is 1. The number of nitrogens with zero attached hydrogens (tertiary/aromatic N) is 3. The van der Waals surface area contributed by atoms with Crippen LogP contribution in [0.4, 0.5) is 18.9 Å². The highest BCUT2D eigenvalue weighted by Gasteiger charge is 2.31. The van der Waals surface area contributed by atoms with Gasteiger partial charge < -0.3 is 10.1 Å². The van der Waals surface area contributed by atoms with Gasteiger partial charge in [-0.05, 0) is 48.9 Å². The predicted molar refractivity (Wildman–Crippen MR) is 127 cm³/mol. The van der Waals surface area contributed by atoms with E-state index in [-0.39, 0.29) is 17.0 Å². The zero-order valence-corrected chi connectivity index (χ0v) is 20.0. The van der Waals surface area contributed by atoms with Crippen LogP contribution < -0.4 is 10.1 Å². The van der Waals surface area contributed by atoms with E-state index in [1.807, 2.05) is 6.92 Å². The molecule has 1 amide bonds. The van der Waals surface area contributed by atoms with Crippen LogP contribution in [0.2, 0.25) is 0 Å². The van der Waals surface area contributed by atoms with E-state index in [1.165, 1.54) is 25.4 Å². The summed E-state index contributed by atoms with van der Waals surface area (Å²) in [5.41, 5.74) is 1.42. The SMILES string of the molecule is COc1nc(S(C)(=O)=O)nc2cnc(-c3cc(NC(=O)c4cccc(C(F)(F)F)c4)ccc3C)cc12. The molecule has 0 spiro atoms.